The van der Waals surface area contributed by atoms with Crippen molar-refractivity contribution in [1.82, 2.24) is 14.7 Å². The van der Waals surface area contributed by atoms with Crippen LogP contribution in [-0.2, 0) is 6.54 Å². The van der Waals surface area contributed by atoms with E-state index in [1.807, 2.05) is 14.1 Å². The van der Waals surface area contributed by atoms with Gasteiger partial charge in [-0.15, -0.1) is 0 Å². The van der Waals surface area contributed by atoms with Crippen molar-refractivity contribution in [2.75, 3.05) is 26.0 Å². The lowest BCUT2D eigenvalue weighted by Crippen LogP contribution is -2.35. The van der Waals surface area contributed by atoms with Crippen LogP contribution in [0.2, 0.25) is 0 Å². The Morgan fingerprint density at radius 3 is 2.80 bits per heavy atom. The van der Waals surface area contributed by atoms with E-state index in [1.165, 1.54) is 19.3 Å². The number of rotatable bonds is 6. The monoisotopic (exact) mass is 342 g/mol. The molecule has 1 aromatic heterocycles. The topological polar surface area (TPSA) is 50.2 Å². The molecule has 1 aromatic rings. The molecule has 5 nitrogen and oxygen atoms in total. The fourth-order valence-electron chi connectivity index (χ4n) is 2.11. The van der Waals surface area contributed by atoms with Crippen molar-refractivity contribution >= 4 is 21.6 Å². The molecule has 1 fully saturated rings. The van der Waals surface area contributed by atoms with Gasteiger partial charge in [0, 0.05) is 19.1 Å². The highest BCUT2D eigenvalue weighted by atomic mass is 79.9. The highest BCUT2D eigenvalue weighted by Crippen LogP contribution is 2.27. The fourth-order valence-corrected chi connectivity index (χ4v) is 2.51. The predicted octanol–water partition coefficient (Wildman–Crippen LogP) is 2.17. The minimum atomic E-state index is -0.0303. The first-order valence-electron chi connectivity index (χ1n) is 7.15. The molecular formula is C14H23BrN4O. The van der Waals surface area contributed by atoms with Gasteiger partial charge >= 0.3 is 0 Å². The molecule has 20 heavy (non-hydrogen) atoms. The van der Waals surface area contributed by atoms with Gasteiger partial charge in [-0.2, -0.15) is 5.10 Å². The van der Waals surface area contributed by atoms with Crippen molar-refractivity contribution in [3.8, 4) is 0 Å². The van der Waals surface area contributed by atoms with Gasteiger partial charge in [-0.25, -0.2) is 4.68 Å². The van der Waals surface area contributed by atoms with Crippen LogP contribution in [0.4, 0.5) is 5.69 Å². The predicted molar refractivity (Wildman–Crippen MR) is 85.2 cm³/mol. The number of nitrogens with one attached hydrogen (secondary N) is 1. The molecule has 0 aliphatic heterocycles. The Kier molecular flexibility index (Phi) is 5.21. The molecule has 0 saturated heterocycles. The fraction of sp³-hybridized carbons (Fsp3) is 0.714. The van der Waals surface area contributed by atoms with Gasteiger partial charge in [-0.1, -0.05) is 6.42 Å². The van der Waals surface area contributed by atoms with E-state index in [0.717, 1.165) is 17.6 Å². The van der Waals surface area contributed by atoms with Crippen molar-refractivity contribution < 1.29 is 0 Å². The quantitative estimate of drug-likeness (QED) is 0.860. The Morgan fingerprint density at radius 2 is 2.25 bits per heavy atom. The van der Waals surface area contributed by atoms with Crippen LogP contribution < -0.4 is 10.9 Å². The maximum absolute atomic E-state index is 12.4. The molecule has 1 heterocycles. The van der Waals surface area contributed by atoms with Crippen molar-refractivity contribution in [3.63, 3.8) is 0 Å². The number of nitrogens with zero attached hydrogens (tertiary/aromatic N) is 3. The maximum atomic E-state index is 12.4. The molecule has 1 aliphatic rings. The number of hydrogen-bond donors (Lipinski definition) is 1. The van der Waals surface area contributed by atoms with Gasteiger partial charge in [0.2, 0.25) is 0 Å². The van der Waals surface area contributed by atoms with Gasteiger partial charge < -0.3 is 10.2 Å². The molecule has 1 atom stereocenters. The van der Waals surface area contributed by atoms with E-state index < -0.39 is 0 Å². The van der Waals surface area contributed by atoms with E-state index in [0.29, 0.717) is 17.6 Å². The summed E-state index contributed by atoms with van der Waals surface area (Å²) in [4.78, 5) is 14.6. The molecule has 1 saturated carbocycles. The molecule has 2 rings (SSSR count). The van der Waals surface area contributed by atoms with Gasteiger partial charge in [-0.05, 0) is 55.7 Å². The lowest BCUT2D eigenvalue weighted by atomic mass is 9.85. The normalized spacial score (nSPS) is 17.1. The molecule has 1 unspecified atom stereocenters. The molecular weight excluding hydrogens is 320 g/mol. The van der Waals surface area contributed by atoms with Gasteiger partial charge in [0.05, 0.1) is 10.7 Å². The Balaban J connectivity index is 2.10. The van der Waals surface area contributed by atoms with Crippen LogP contribution in [0.1, 0.15) is 26.2 Å². The standard InChI is InChI=1S/C14H23BrN4O/c1-10(18(2)3)7-16-13-12(15)8-17-19(14(13)20)9-11-5-4-6-11/h8,10-11,16H,4-7,9H2,1-3H3. The molecule has 0 aromatic carbocycles. The second-order valence-corrected chi connectivity index (χ2v) is 6.70. The first-order valence-corrected chi connectivity index (χ1v) is 7.94. The van der Waals surface area contributed by atoms with Crippen LogP contribution in [0.3, 0.4) is 0 Å². The van der Waals surface area contributed by atoms with Crippen LogP contribution in [0.25, 0.3) is 0 Å². The zero-order valence-electron chi connectivity index (χ0n) is 12.4. The summed E-state index contributed by atoms with van der Waals surface area (Å²) in [7, 11) is 4.06. The molecule has 1 aliphatic carbocycles. The Labute approximate surface area is 128 Å². The summed E-state index contributed by atoms with van der Waals surface area (Å²) in [5, 5.41) is 7.48. The minimum absolute atomic E-state index is 0.0303. The Hall–Kier alpha value is -0.880. The number of anilines is 1. The number of hydrogen-bond acceptors (Lipinski definition) is 4. The highest BCUT2D eigenvalue weighted by Gasteiger charge is 2.20. The van der Waals surface area contributed by atoms with Crippen molar-refractivity contribution in [2.24, 2.45) is 5.92 Å². The van der Waals surface area contributed by atoms with E-state index in [4.69, 9.17) is 0 Å². The summed E-state index contributed by atoms with van der Waals surface area (Å²) in [5.41, 5.74) is 0.588. The van der Waals surface area contributed by atoms with Crippen LogP contribution in [-0.4, -0.2) is 41.4 Å². The Bertz CT molecular complexity index is 510. The highest BCUT2D eigenvalue weighted by molar-refractivity contribution is 9.10. The Morgan fingerprint density at radius 1 is 1.55 bits per heavy atom. The third kappa shape index (κ3) is 3.61. The lowest BCUT2D eigenvalue weighted by Gasteiger charge is -2.25. The summed E-state index contributed by atoms with van der Waals surface area (Å²) in [6.07, 6.45) is 5.42. The largest absolute Gasteiger partial charge is 0.378 e. The van der Waals surface area contributed by atoms with Crippen molar-refractivity contribution in [3.05, 3.63) is 21.0 Å². The van der Waals surface area contributed by atoms with E-state index in [-0.39, 0.29) is 5.56 Å². The van der Waals surface area contributed by atoms with Gasteiger partial charge in [0.15, 0.2) is 0 Å². The molecule has 1 N–H and O–H groups in total. The van der Waals surface area contributed by atoms with Crippen LogP contribution in [0.5, 0.6) is 0 Å². The van der Waals surface area contributed by atoms with Crippen LogP contribution >= 0.6 is 15.9 Å². The van der Waals surface area contributed by atoms with Crippen LogP contribution in [0.15, 0.2) is 15.5 Å². The summed E-state index contributed by atoms with van der Waals surface area (Å²) in [6, 6.07) is 0.356. The minimum Gasteiger partial charge on any atom is -0.378 e. The summed E-state index contributed by atoms with van der Waals surface area (Å²) in [6.45, 7) is 3.59. The van der Waals surface area contributed by atoms with Gasteiger partial charge in [0.25, 0.3) is 5.56 Å². The summed E-state index contributed by atoms with van der Waals surface area (Å²) in [5.74, 6) is 0.620. The van der Waals surface area contributed by atoms with Crippen molar-refractivity contribution in [2.45, 2.75) is 38.8 Å². The van der Waals surface area contributed by atoms with Crippen LogP contribution in [0, 0.1) is 5.92 Å². The summed E-state index contributed by atoms with van der Waals surface area (Å²) >= 11 is 3.41. The lowest BCUT2D eigenvalue weighted by molar-refractivity contribution is 0.261. The molecule has 112 valence electrons. The SMILES string of the molecule is CC(CNc1c(Br)cnn(CC2CCC2)c1=O)N(C)C. The summed E-state index contributed by atoms with van der Waals surface area (Å²) < 4.78 is 2.33. The second-order valence-electron chi connectivity index (χ2n) is 5.85. The first kappa shape index (κ1) is 15.5. The third-order valence-corrected chi connectivity index (χ3v) is 4.71. The van der Waals surface area contributed by atoms with E-state index >= 15 is 0 Å². The van der Waals surface area contributed by atoms with E-state index in [9.17, 15) is 4.79 Å². The van der Waals surface area contributed by atoms with Gasteiger partial charge in [0.1, 0.15) is 5.69 Å². The van der Waals surface area contributed by atoms with E-state index in [1.54, 1.807) is 10.9 Å². The number of likely N-dealkylation sites (N-methyl/N-ethyl adjacent to an activating group) is 1. The zero-order valence-corrected chi connectivity index (χ0v) is 14.0. The van der Waals surface area contributed by atoms with Gasteiger partial charge in [-0.3, -0.25) is 4.79 Å². The average molecular weight is 343 g/mol. The maximum Gasteiger partial charge on any atom is 0.291 e. The first-order chi connectivity index (χ1) is 9.49. The zero-order chi connectivity index (χ0) is 14.7. The van der Waals surface area contributed by atoms with E-state index in [2.05, 4.69) is 38.2 Å². The second kappa shape index (κ2) is 6.72. The smallest absolute Gasteiger partial charge is 0.291 e. The molecule has 0 spiro atoms. The molecule has 0 amide bonds. The average Bonchev–Trinajstić information content (AvgIpc) is 2.35. The number of aromatic nitrogens is 2. The molecule has 0 bridgehead atoms. The molecule has 0 radical (unpaired) electrons. The van der Waals surface area contributed by atoms with Crippen molar-refractivity contribution in [1.29, 1.82) is 0 Å². The molecule has 6 heteroatoms. The number of halogens is 1. The third-order valence-electron chi connectivity index (χ3n) is 4.11.